The molecule has 0 unspecified atom stereocenters. The lowest BCUT2D eigenvalue weighted by Crippen LogP contribution is -2.39. The van der Waals surface area contributed by atoms with E-state index in [1.807, 2.05) is 30.0 Å². The highest BCUT2D eigenvalue weighted by Gasteiger charge is 2.24. The van der Waals surface area contributed by atoms with Crippen LogP contribution in [0.2, 0.25) is 0 Å². The molecular weight excluding hydrogens is 362 g/mol. The Morgan fingerprint density at radius 3 is 2.52 bits per heavy atom. The van der Waals surface area contributed by atoms with Crippen molar-refractivity contribution in [1.82, 2.24) is 4.90 Å². The summed E-state index contributed by atoms with van der Waals surface area (Å²) in [6.07, 6.45) is 4.19. The van der Waals surface area contributed by atoms with Crippen molar-refractivity contribution in [1.29, 1.82) is 0 Å². The standard InChI is InChI=1S/C25H33NO3/c1-3-16-28-19-23-18-22(10-11-24(23)29-4-2)25(27)26-14-12-21(13-15-26)17-20-8-6-5-7-9-20/h5-11,18,21H,3-4,12-17,19H2,1-2H3. The number of piperidine rings is 1. The molecule has 4 heteroatoms. The van der Waals surface area contributed by atoms with Crippen LogP contribution in [0.3, 0.4) is 0 Å². The van der Waals surface area contributed by atoms with Crippen molar-refractivity contribution >= 4 is 5.91 Å². The van der Waals surface area contributed by atoms with Crippen LogP contribution in [0, 0.1) is 5.92 Å². The van der Waals surface area contributed by atoms with Gasteiger partial charge in [0.2, 0.25) is 0 Å². The van der Waals surface area contributed by atoms with Crippen molar-refractivity contribution in [3.63, 3.8) is 0 Å². The van der Waals surface area contributed by atoms with E-state index in [2.05, 4.69) is 37.3 Å². The van der Waals surface area contributed by atoms with E-state index in [9.17, 15) is 4.79 Å². The van der Waals surface area contributed by atoms with Gasteiger partial charge < -0.3 is 14.4 Å². The number of rotatable bonds is 9. The third-order valence-electron chi connectivity index (χ3n) is 5.48. The predicted octanol–water partition coefficient (Wildman–Crippen LogP) is 5.11. The highest BCUT2D eigenvalue weighted by atomic mass is 16.5. The van der Waals surface area contributed by atoms with Crippen molar-refractivity contribution in [3.8, 4) is 5.75 Å². The third kappa shape index (κ3) is 6.07. The van der Waals surface area contributed by atoms with Gasteiger partial charge in [-0.25, -0.2) is 0 Å². The van der Waals surface area contributed by atoms with Gasteiger partial charge in [-0.3, -0.25) is 4.79 Å². The Morgan fingerprint density at radius 2 is 1.83 bits per heavy atom. The lowest BCUT2D eigenvalue weighted by atomic mass is 9.90. The second-order valence-electron chi connectivity index (χ2n) is 7.73. The first-order valence-corrected chi connectivity index (χ1v) is 10.9. The van der Waals surface area contributed by atoms with E-state index >= 15 is 0 Å². The molecule has 3 rings (SSSR count). The van der Waals surface area contributed by atoms with Gasteiger partial charge in [0, 0.05) is 30.8 Å². The molecule has 0 aromatic heterocycles. The van der Waals surface area contributed by atoms with E-state index in [4.69, 9.17) is 9.47 Å². The molecule has 1 aliphatic heterocycles. The minimum Gasteiger partial charge on any atom is -0.494 e. The Bertz CT molecular complexity index is 767. The van der Waals surface area contributed by atoms with Crippen molar-refractivity contribution < 1.29 is 14.3 Å². The van der Waals surface area contributed by atoms with Gasteiger partial charge >= 0.3 is 0 Å². The Kier molecular flexibility index (Phi) is 8.12. The molecule has 0 N–H and O–H groups in total. The number of benzene rings is 2. The quantitative estimate of drug-likeness (QED) is 0.554. The molecule has 2 aromatic carbocycles. The van der Waals surface area contributed by atoms with Crippen LogP contribution in [0.25, 0.3) is 0 Å². The summed E-state index contributed by atoms with van der Waals surface area (Å²) in [5, 5.41) is 0. The Morgan fingerprint density at radius 1 is 1.07 bits per heavy atom. The molecule has 1 heterocycles. The largest absolute Gasteiger partial charge is 0.494 e. The van der Waals surface area contributed by atoms with Crippen molar-refractivity contribution in [3.05, 3.63) is 65.2 Å². The van der Waals surface area contributed by atoms with Crippen molar-refractivity contribution in [2.45, 2.75) is 46.1 Å². The molecule has 0 radical (unpaired) electrons. The molecule has 0 saturated carbocycles. The van der Waals surface area contributed by atoms with Gasteiger partial charge in [0.25, 0.3) is 5.91 Å². The molecule has 1 fully saturated rings. The zero-order valence-electron chi connectivity index (χ0n) is 17.7. The molecule has 0 bridgehead atoms. The molecule has 2 aromatic rings. The molecule has 4 nitrogen and oxygen atoms in total. The van der Waals surface area contributed by atoms with E-state index in [1.165, 1.54) is 5.56 Å². The van der Waals surface area contributed by atoms with Crippen LogP contribution in [0.5, 0.6) is 5.75 Å². The fourth-order valence-electron chi connectivity index (χ4n) is 3.92. The van der Waals surface area contributed by atoms with Crippen molar-refractivity contribution in [2.24, 2.45) is 5.92 Å². The van der Waals surface area contributed by atoms with Crippen LogP contribution in [-0.2, 0) is 17.8 Å². The van der Waals surface area contributed by atoms with E-state index in [1.54, 1.807) is 0 Å². The Labute approximate surface area is 174 Å². The van der Waals surface area contributed by atoms with Crippen LogP contribution in [0.4, 0.5) is 0 Å². The first-order valence-electron chi connectivity index (χ1n) is 10.9. The third-order valence-corrected chi connectivity index (χ3v) is 5.48. The summed E-state index contributed by atoms with van der Waals surface area (Å²) in [6, 6.07) is 16.4. The predicted molar refractivity (Wildman–Crippen MR) is 116 cm³/mol. The SMILES string of the molecule is CCCOCc1cc(C(=O)N2CCC(Cc3ccccc3)CC2)ccc1OCC. The summed E-state index contributed by atoms with van der Waals surface area (Å²) in [7, 11) is 0. The minimum atomic E-state index is 0.114. The van der Waals surface area contributed by atoms with Crippen LogP contribution in [-0.4, -0.2) is 37.1 Å². The topological polar surface area (TPSA) is 38.8 Å². The molecule has 0 atom stereocenters. The number of carbonyl (C=O) groups is 1. The van der Waals surface area contributed by atoms with Gasteiger partial charge in [-0.2, -0.15) is 0 Å². The maximum atomic E-state index is 13.1. The Hall–Kier alpha value is -2.33. The van der Waals surface area contributed by atoms with Gasteiger partial charge in [0.15, 0.2) is 0 Å². The fourth-order valence-corrected chi connectivity index (χ4v) is 3.92. The summed E-state index contributed by atoms with van der Waals surface area (Å²) in [6.45, 7) is 7.49. The number of amides is 1. The molecule has 1 amide bonds. The first-order chi connectivity index (χ1) is 14.2. The smallest absolute Gasteiger partial charge is 0.253 e. The zero-order valence-corrected chi connectivity index (χ0v) is 17.7. The second-order valence-corrected chi connectivity index (χ2v) is 7.73. The molecule has 0 aliphatic carbocycles. The molecular formula is C25H33NO3. The summed E-state index contributed by atoms with van der Waals surface area (Å²) in [4.78, 5) is 15.1. The molecule has 29 heavy (non-hydrogen) atoms. The van der Waals surface area contributed by atoms with Gasteiger partial charge in [-0.05, 0) is 62.3 Å². The number of hydrogen-bond acceptors (Lipinski definition) is 3. The maximum Gasteiger partial charge on any atom is 0.253 e. The monoisotopic (exact) mass is 395 g/mol. The zero-order chi connectivity index (χ0) is 20.5. The average Bonchev–Trinajstić information content (AvgIpc) is 2.76. The van der Waals surface area contributed by atoms with E-state index in [-0.39, 0.29) is 5.91 Å². The van der Waals surface area contributed by atoms with Gasteiger partial charge in [0.1, 0.15) is 5.75 Å². The van der Waals surface area contributed by atoms with Gasteiger partial charge in [-0.15, -0.1) is 0 Å². The maximum absolute atomic E-state index is 13.1. The number of ether oxygens (including phenoxy) is 2. The fraction of sp³-hybridized carbons (Fsp3) is 0.480. The summed E-state index contributed by atoms with van der Waals surface area (Å²) in [5.41, 5.74) is 3.07. The lowest BCUT2D eigenvalue weighted by molar-refractivity contribution is 0.0690. The second kappa shape index (κ2) is 11.0. The molecule has 0 spiro atoms. The van der Waals surface area contributed by atoms with Crippen LogP contribution < -0.4 is 4.74 Å². The van der Waals surface area contributed by atoms with E-state index in [0.29, 0.717) is 25.7 Å². The number of likely N-dealkylation sites (tertiary alicyclic amines) is 1. The Balaban J connectivity index is 1.60. The summed E-state index contributed by atoms with van der Waals surface area (Å²) >= 11 is 0. The van der Waals surface area contributed by atoms with Crippen LogP contribution >= 0.6 is 0 Å². The van der Waals surface area contributed by atoms with Crippen molar-refractivity contribution in [2.75, 3.05) is 26.3 Å². The van der Waals surface area contributed by atoms with Gasteiger partial charge in [-0.1, -0.05) is 37.3 Å². The van der Waals surface area contributed by atoms with E-state index in [0.717, 1.165) is 55.6 Å². The van der Waals surface area contributed by atoms with E-state index < -0.39 is 0 Å². The minimum absolute atomic E-state index is 0.114. The summed E-state index contributed by atoms with van der Waals surface area (Å²) < 4.78 is 11.4. The molecule has 156 valence electrons. The number of carbonyl (C=O) groups excluding carboxylic acids is 1. The summed E-state index contributed by atoms with van der Waals surface area (Å²) in [5.74, 6) is 1.57. The van der Waals surface area contributed by atoms with Crippen LogP contribution in [0.15, 0.2) is 48.5 Å². The highest BCUT2D eigenvalue weighted by molar-refractivity contribution is 5.94. The molecule has 1 aliphatic rings. The normalized spacial score (nSPS) is 14.8. The van der Waals surface area contributed by atoms with Crippen LogP contribution in [0.1, 0.15) is 54.6 Å². The van der Waals surface area contributed by atoms with Gasteiger partial charge in [0.05, 0.1) is 13.2 Å². The first kappa shape index (κ1) is 21.4. The lowest BCUT2D eigenvalue weighted by Gasteiger charge is -2.32. The average molecular weight is 396 g/mol. The number of hydrogen-bond donors (Lipinski definition) is 0. The molecule has 1 saturated heterocycles. The number of nitrogens with zero attached hydrogens (tertiary/aromatic N) is 1. The highest BCUT2D eigenvalue weighted by Crippen LogP contribution is 2.25.